The van der Waals surface area contributed by atoms with E-state index < -0.39 is 0 Å². The summed E-state index contributed by atoms with van der Waals surface area (Å²) >= 11 is 0. The molecule has 0 aromatic carbocycles. The van der Waals surface area contributed by atoms with Gasteiger partial charge >= 0.3 is 0 Å². The molecule has 0 heteroatoms. The molecule has 11 heavy (non-hydrogen) atoms. The molecule has 0 saturated heterocycles. The number of rotatable bonds is 3. The van der Waals surface area contributed by atoms with Gasteiger partial charge in [-0.1, -0.05) is 37.5 Å². The van der Waals surface area contributed by atoms with Gasteiger partial charge in [0, 0.05) is 5.57 Å². The summed E-state index contributed by atoms with van der Waals surface area (Å²) in [5.74, 6) is 2.65. The van der Waals surface area contributed by atoms with E-state index in [0.717, 1.165) is 18.4 Å². The predicted octanol–water partition coefficient (Wildman–Crippen LogP) is 3.31. The zero-order chi connectivity index (χ0) is 8.69. The second-order valence-corrected chi connectivity index (χ2v) is 2.56. The van der Waals surface area contributed by atoms with Gasteiger partial charge in [-0.15, -0.1) is 6.42 Å². The highest BCUT2D eigenvalue weighted by Gasteiger charge is 1.84. The second kappa shape index (κ2) is 5.80. The van der Waals surface area contributed by atoms with Gasteiger partial charge in [-0.05, 0) is 19.8 Å². The minimum absolute atomic E-state index is 0.948. The van der Waals surface area contributed by atoms with Crippen LogP contribution < -0.4 is 0 Å². The topological polar surface area (TPSA) is 0 Å². The number of allylic oxidation sites excluding steroid dienone is 4. The molecule has 0 nitrogen and oxygen atoms in total. The van der Waals surface area contributed by atoms with Crippen LogP contribution in [0, 0.1) is 12.3 Å². The van der Waals surface area contributed by atoms with Crippen molar-refractivity contribution in [3.05, 3.63) is 23.3 Å². The van der Waals surface area contributed by atoms with Crippen LogP contribution in [0.15, 0.2) is 23.3 Å². The lowest BCUT2D eigenvalue weighted by Gasteiger charge is -1.92. The Morgan fingerprint density at radius 2 is 1.91 bits per heavy atom. The molecule has 0 fully saturated rings. The minimum Gasteiger partial charge on any atom is -0.115 e. The fraction of sp³-hybridized carbons (Fsp3) is 0.455. The van der Waals surface area contributed by atoms with Crippen LogP contribution in [-0.2, 0) is 0 Å². The standard InChI is InChI=1S/C11H16/c1-5-10(4)8-9-11(6-2)7-3/h2,8-9H,5,7H2,1,3-4H3/b10-8-,11-9+. The van der Waals surface area contributed by atoms with Gasteiger partial charge in [0.25, 0.3) is 0 Å². The first-order valence-corrected chi connectivity index (χ1v) is 4.07. The van der Waals surface area contributed by atoms with Gasteiger partial charge in [-0.2, -0.15) is 0 Å². The van der Waals surface area contributed by atoms with Gasteiger partial charge < -0.3 is 0 Å². The third-order valence-electron chi connectivity index (χ3n) is 1.69. The minimum atomic E-state index is 0.948. The van der Waals surface area contributed by atoms with Crippen molar-refractivity contribution < 1.29 is 0 Å². The van der Waals surface area contributed by atoms with Crippen molar-refractivity contribution in [1.29, 1.82) is 0 Å². The number of hydrogen-bond acceptors (Lipinski definition) is 0. The van der Waals surface area contributed by atoms with Gasteiger partial charge in [0.15, 0.2) is 0 Å². The summed E-state index contributed by atoms with van der Waals surface area (Å²) in [6.07, 6.45) is 11.4. The van der Waals surface area contributed by atoms with Crippen molar-refractivity contribution in [3.63, 3.8) is 0 Å². The molecule has 60 valence electrons. The molecule has 0 N–H and O–H groups in total. The molecule has 0 bridgehead atoms. The van der Waals surface area contributed by atoms with Crippen molar-refractivity contribution in [3.8, 4) is 12.3 Å². The highest BCUT2D eigenvalue weighted by Crippen LogP contribution is 2.02. The normalized spacial score (nSPS) is 12.9. The Hall–Kier alpha value is -0.960. The van der Waals surface area contributed by atoms with E-state index in [2.05, 4.69) is 32.8 Å². The summed E-state index contributed by atoms with van der Waals surface area (Å²) in [5.41, 5.74) is 2.43. The molecule has 0 aromatic heterocycles. The van der Waals surface area contributed by atoms with Crippen molar-refractivity contribution in [2.24, 2.45) is 0 Å². The van der Waals surface area contributed by atoms with Crippen LogP contribution in [0.1, 0.15) is 33.6 Å². The van der Waals surface area contributed by atoms with E-state index in [4.69, 9.17) is 6.42 Å². The predicted molar refractivity (Wildman–Crippen MR) is 51.3 cm³/mol. The molecule has 0 aromatic rings. The zero-order valence-electron chi connectivity index (χ0n) is 7.65. The Labute approximate surface area is 70.0 Å². The van der Waals surface area contributed by atoms with Crippen LogP contribution in [0.2, 0.25) is 0 Å². The summed E-state index contributed by atoms with van der Waals surface area (Å²) in [4.78, 5) is 0. The van der Waals surface area contributed by atoms with E-state index in [0.29, 0.717) is 0 Å². The molecule has 0 spiro atoms. The molecule has 0 rings (SSSR count). The molecule has 0 radical (unpaired) electrons. The van der Waals surface area contributed by atoms with Crippen molar-refractivity contribution in [2.75, 3.05) is 0 Å². The Morgan fingerprint density at radius 1 is 1.27 bits per heavy atom. The van der Waals surface area contributed by atoms with E-state index in [9.17, 15) is 0 Å². The summed E-state index contributed by atoms with van der Waals surface area (Å²) in [6, 6.07) is 0. The van der Waals surface area contributed by atoms with Crippen molar-refractivity contribution in [2.45, 2.75) is 33.6 Å². The Morgan fingerprint density at radius 3 is 2.27 bits per heavy atom. The van der Waals surface area contributed by atoms with E-state index in [1.165, 1.54) is 5.57 Å². The fourth-order valence-electron chi connectivity index (χ4n) is 0.629. The van der Waals surface area contributed by atoms with Gasteiger partial charge in [0.05, 0.1) is 0 Å². The van der Waals surface area contributed by atoms with Crippen LogP contribution in [0.3, 0.4) is 0 Å². The highest BCUT2D eigenvalue weighted by atomic mass is 13.9. The lowest BCUT2D eigenvalue weighted by atomic mass is 10.1. The summed E-state index contributed by atoms with van der Waals surface area (Å²) < 4.78 is 0. The molecule has 0 aliphatic carbocycles. The maximum absolute atomic E-state index is 5.26. The van der Waals surface area contributed by atoms with E-state index in [1.54, 1.807) is 0 Å². The molecule has 0 amide bonds. The summed E-state index contributed by atoms with van der Waals surface area (Å²) in [6.45, 7) is 6.32. The largest absolute Gasteiger partial charge is 0.115 e. The number of hydrogen-bond donors (Lipinski definition) is 0. The van der Waals surface area contributed by atoms with E-state index in [1.807, 2.05) is 6.08 Å². The lowest BCUT2D eigenvalue weighted by Crippen LogP contribution is -1.74. The van der Waals surface area contributed by atoms with Gasteiger partial charge in [0.2, 0.25) is 0 Å². The first kappa shape index (κ1) is 10.0. The maximum Gasteiger partial charge on any atom is 0.00148 e. The van der Waals surface area contributed by atoms with Gasteiger partial charge in [-0.25, -0.2) is 0 Å². The maximum atomic E-state index is 5.26. The first-order valence-electron chi connectivity index (χ1n) is 4.07. The fourth-order valence-corrected chi connectivity index (χ4v) is 0.629. The SMILES string of the molecule is C#C/C(=C\C=C(\C)CC)CC. The molecule has 0 heterocycles. The average Bonchev–Trinajstić information content (AvgIpc) is 2.06. The zero-order valence-corrected chi connectivity index (χ0v) is 7.65. The van der Waals surface area contributed by atoms with Crippen LogP contribution in [0.25, 0.3) is 0 Å². The summed E-state index contributed by atoms with van der Waals surface area (Å²) in [7, 11) is 0. The molecule has 0 unspecified atom stereocenters. The average molecular weight is 148 g/mol. The van der Waals surface area contributed by atoms with E-state index >= 15 is 0 Å². The smallest absolute Gasteiger partial charge is 0.00148 e. The van der Waals surface area contributed by atoms with Crippen molar-refractivity contribution >= 4 is 0 Å². The first-order chi connectivity index (χ1) is 5.24. The molecular weight excluding hydrogens is 132 g/mol. The molecule has 0 atom stereocenters. The van der Waals surface area contributed by atoms with E-state index in [-0.39, 0.29) is 0 Å². The Kier molecular flexibility index (Phi) is 5.29. The highest BCUT2D eigenvalue weighted by molar-refractivity contribution is 5.29. The van der Waals surface area contributed by atoms with Crippen LogP contribution in [0.4, 0.5) is 0 Å². The molecule has 0 aliphatic heterocycles. The van der Waals surface area contributed by atoms with Crippen molar-refractivity contribution in [1.82, 2.24) is 0 Å². The molecule has 0 aliphatic rings. The third kappa shape index (κ3) is 4.44. The lowest BCUT2D eigenvalue weighted by molar-refractivity contribution is 1.09. The molecular formula is C11H16. The third-order valence-corrected chi connectivity index (χ3v) is 1.69. The Balaban J connectivity index is 4.21. The quantitative estimate of drug-likeness (QED) is 0.425. The number of terminal acetylenes is 1. The van der Waals surface area contributed by atoms with Crippen LogP contribution in [0.5, 0.6) is 0 Å². The summed E-state index contributed by atoms with van der Waals surface area (Å²) in [5, 5.41) is 0. The molecule has 0 saturated carbocycles. The van der Waals surface area contributed by atoms with Gasteiger partial charge in [-0.3, -0.25) is 0 Å². The second-order valence-electron chi connectivity index (χ2n) is 2.56. The Bertz CT molecular complexity index is 199. The van der Waals surface area contributed by atoms with Crippen LogP contribution in [-0.4, -0.2) is 0 Å². The van der Waals surface area contributed by atoms with Gasteiger partial charge in [0.1, 0.15) is 0 Å². The monoisotopic (exact) mass is 148 g/mol. The van der Waals surface area contributed by atoms with Crippen LogP contribution >= 0.6 is 0 Å².